The van der Waals surface area contributed by atoms with Gasteiger partial charge in [0.2, 0.25) is 0 Å². The Hall–Kier alpha value is -1.58. The number of hydrogen-bond acceptors (Lipinski definition) is 1. The minimum atomic E-state index is -0.359. The van der Waals surface area contributed by atoms with E-state index in [-0.39, 0.29) is 62.8 Å². The van der Waals surface area contributed by atoms with Gasteiger partial charge < -0.3 is 35.3 Å². The summed E-state index contributed by atoms with van der Waals surface area (Å²) < 4.78 is 0. The van der Waals surface area contributed by atoms with Crippen LogP contribution in [0.5, 0.6) is 0 Å². The molecule has 1 saturated carbocycles. The molecule has 0 spiro atoms. The number of fused-ring (bicyclic) bond motifs is 1. The number of nitrogens with one attached hydrogen (secondary N) is 1. The minimum absolute atomic E-state index is 0. The van der Waals surface area contributed by atoms with E-state index >= 15 is 0 Å². The van der Waals surface area contributed by atoms with Crippen LogP contribution >= 0.6 is 0 Å². The van der Waals surface area contributed by atoms with Crippen LogP contribution in [-0.2, 0) is 31.0 Å². The third-order valence-electron chi connectivity index (χ3n) is 5.11. The van der Waals surface area contributed by atoms with Gasteiger partial charge in [0, 0.05) is 5.92 Å². The van der Waals surface area contributed by atoms with Gasteiger partial charge in [-0.15, -0.1) is 29.7 Å². The zero-order valence-electron chi connectivity index (χ0n) is 18.4. The van der Waals surface area contributed by atoms with Crippen LogP contribution in [0.15, 0.2) is 103 Å². The zero-order valence-corrected chi connectivity index (χ0v) is 23.4. The molecule has 6 heteroatoms. The SMILES string of the molecule is [Cl-].[Cl-].[NH-]C(=O)C1CCCC1.[Zr+4].c1ccc([Si]c2ccccc2)cc1.c1ccc2[cH-]ccc2c1. The van der Waals surface area contributed by atoms with E-state index in [9.17, 15) is 4.79 Å². The van der Waals surface area contributed by atoms with Gasteiger partial charge in [-0.05, 0) is 12.8 Å². The molecule has 0 unspecified atom stereocenters. The fourth-order valence-corrected chi connectivity index (χ4v) is 4.52. The van der Waals surface area contributed by atoms with Crippen LogP contribution in [-0.4, -0.2) is 15.4 Å². The number of rotatable bonds is 3. The Kier molecular flexibility index (Phi) is 17.0. The number of hydrogen-bond donors (Lipinski definition) is 0. The first-order chi connectivity index (χ1) is 14.7. The van der Waals surface area contributed by atoms with E-state index in [0.717, 1.165) is 35.2 Å². The smallest absolute Gasteiger partial charge is 1.00 e. The maximum atomic E-state index is 10.3. The number of benzene rings is 3. The van der Waals surface area contributed by atoms with Crippen molar-refractivity contribution in [3.8, 4) is 0 Å². The third-order valence-corrected chi connectivity index (χ3v) is 6.35. The van der Waals surface area contributed by atoms with E-state index in [0.29, 0.717) is 0 Å². The summed E-state index contributed by atoms with van der Waals surface area (Å²) in [7, 11) is 0.777. The first-order valence-corrected chi connectivity index (χ1v) is 11.5. The van der Waals surface area contributed by atoms with Crippen molar-refractivity contribution in [2.75, 3.05) is 0 Å². The van der Waals surface area contributed by atoms with Gasteiger partial charge in [-0.25, -0.2) is 0 Å². The molecule has 1 fully saturated rings. The Morgan fingerprint density at radius 1 is 0.758 bits per heavy atom. The molecule has 4 aromatic carbocycles. The molecule has 2 radical (unpaired) electrons. The van der Waals surface area contributed by atoms with E-state index in [2.05, 4.69) is 103 Å². The molecule has 0 atom stereocenters. The van der Waals surface area contributed by atoms with Crippen LogP contribution in [0.2, 0.25) is 0 Å². The topological polar surface area (TPSA) is 40.9 Å². The molecular weight excluding hydrogens is 545 g/mol. The van der Waals surface area contributed by atoms with E-state index in [1.165, 1.54) is 21.1 Å². The quantitative estimate of drug-likeness (QED) is 0.245. The molecule has 168 valence electrons. The summed E-state index contributed by atoms with van der Waals surface area (Å²) >= 11 is 0. The Bertz CT molecular complexity index is 954. The van der Waals surface area contributed by atoms with Crippen LogP contribution in [0.3, 0.4) is 0 Å². The largest absolute Gasteiger partial charge is 4.00 e. The first kappa shape index (κ1) is 31.4. The molecular formula is C27H27Cl2NOSiZr. The Labute approximate surface area is 231 Å². The van der Waals surface area contributed by atoms with Crippen LogP contribution in [0.1, 0.15) is 25.7 Å². The molecule has 0 bridgehead atoms. The van der Waals surface area contributed by atoms with Crippen molar-refractivity contribution in [2.45, 2.75) is 25.7 Å². The van der Waals surface area contributed by atoms with Crippen molar-refractivity contribution >= 4 is 36.6 Å². The van der Waals surface area contributed by atoms with Gasteiger partial charge in [0.25, 0.3) is 0 Å². The van der Waals surface area contributed by atoms with Crippen LogP contribution < -0.4 is 35.2 Å². The molecule has 2 nitrogen and oxygen atoms in total. The second kappa shape index (κ2) is 17.8. The Morgan fingerprint density at radius 2 is 1.24 bits per heavy atom. The summed E-state index contributed by atoms with van der Waals surface area (Å²) in [5, 5.41) is 5.46. The first-order valence-electron chi connectivity index (χ1n) is 10.5. The summed E-state index contributed by atoms with van der Waals surface area (Å²) in [6.07, 6.45) is 4.22. The number of carbonyl (C=O) groups is 1. The second-order valence-electron chi connectivity index (χ2n) is 7.36. The van der Waals surface area contributed by atoms with Gasteiger partial charge in [-0.1, -0.05) is 89.9 Å². The zero-order chi connectivity index (χ0) is 21.0. The van der Waals surface area contributed by atoms with Crippen molar-refractivity contribution in [3.63, 3.8) is 0 Å². The number of amides is 1. The van der Waals surface area contributed by atoms with Crippen LogP contribution in [0, 0.1) is 5.92 Å². The summed E-state index contributed by atoms with van der Waals surface area (Å²) in [6, 6.07) is 35.8. The fraction of sp³-hybridized carbons (Fsp3) is 0.185. The number of halogens is 2. The normalized spacial score (nSPS) is 11.9. The molecule has 1 amide bonds. The van der Waals surface area contributed by atoms with Crippen molar-refractivity contribution in [2.24, 2.45) is 5.92 Å². The van der Waals surface area contributed by atoms with Gasteiger partial charge in [-0.2, -0.15) is 17.5 Å². The molecule has 0 aromatic heterocycles. The van der Waals surface area contributed by atoms with Crippen LogP contribution in [0.25, 0.3) is 16.5 Å². The average Bonchev–Trinajstić information content (AvgIpc) is 3.48. The molecule has 4 aromatic rings. The van der Waals surface area contributed by atoms with E-state index < -0.39 is 0 Å². The van der Waals surface area contributed by atoms with Crippen molar-refractivity contribution in [3.05, 3.63) is 109 Å². The molecule has 1 N–H and O–H groups in total. The summed E-state index contributed by atoms with van der Waals surface area (Å²) in [6.45, 7) is 0. The number of carbonyl (C=O) groups excluding carboxylic acids is 1. The van der Waals surface area contributed by atoms with Gasteiger partial charge in [0.1, 0.15) is 9.52 Å². The molecule has 0 aliphatic heterocycles. The van der Waals surface area contributed by atoms with Gasteiger partial charge in [0.15, 0.2) is 0 Å². The fourth-order valence-electron chi connectivity index (χ4n) is 3.47. The van der Waals surface area contributed by atoms with Crippen molar-refractivity contribution in [1.29, 1.82) is 0 Å². The predicted molar refractivity (Wildman–Crippen MR) is 129 cm³/mol. The Balaban J connectivity index is 0.000000460. The van der Waals surface area contributed by atoms with E-state index in [1.54, 1.807) is 0 Å². The molecule has 0 saturated heterocycles. The van der Waals surface area contributed by atoms with Crippen molar-refractivity contribution in [1.82, 2.24) is 0 Å². The molecule has 1 aliphatic rings. The molecule has 1 aliphatic carbocycles. The second-order valence-corrected chi connectivity index (χ2v) is 8.76. The molecule has 0 heterocycles. The minimum Gasteiger partial charge on any atom is -1.00 e. The summed E-state index contributed by atoms with van der Waals surface area (Å²) in [5.41, 5.74) is 6.74. The van der Waals surface area contributed by atoms with Gasteiger partial charge in [0.05, 0.1) is 5.91 Å². The van der Waals surface area contributed by atoms with E-state index in [1.807, 2.05) is 0 Å². The van der Waals surface area contributed by atoms with Gasteiger partial charge >= 0.3 is 26.2 Å². The average molecular weight is 572 g/mol. The monoisotopic (exact) mass is 569 g/mol. The van der Waals surface area contributed by atoms with E-state index in [4.69, 9.17) is 5.73 Å². The maximum Gasteiger partial charge on any atom is 4.00 e. The van der Waals surface area contributed by atoms with Crippen LogP contribution in [0.4, 0.5) is 0 Å². The molecule has 33 heavy (non-hydrogen) atoms. The maximum absolute atomic E-state index is 10.3. The molecule has 5 rings (SSSR count). The van der Waals surface area contributed by atoms with Gasteiger partial charge in [-0.3, -0.25) is 0 Å². The summed E-state index contributed by atoms with van der Waals surface area (Å²) in [4.78, 5) is 10.3. The third kappa shape index (κ3) is 11.4. The Morgan fingerprint density at radius 3 is 1.70 bits per heavy atom. The predicted octanol–water partition coefficient (Wildman–Crippen LogP) is -0.339. The van der Waals surface area contributed by atoms with Crippen molar-refractivity contribution < 1.29 is 55.8 Å². The summed E-state index contributed by atoms with van der Waals surface area (Å²) in [5.74, 6) is -0.266. The standard InChI is InChI=1S/C12H10Si.C9H7.C6H11NO.2ClH.Zr/c1-3-7-11(8-4-1)13-12-9-5-2-6-10-12;1-2-5-9-7-3-6-8(9)4-1;7-6(8)5-3-1-2-4-5;;;/h1-10H;1-7H;5H,1-4H2,(H2,7,8);2*1H;/q;-1;;;;+4/p-3.